The second-order valence-electron chi connectivity index (χ2n) is 7.54. The Kier molecular flexibility index (Phi) is 6.87. The van der Waals surface area contributed by atoms with Crippen molar-refractivity contribution in [2.45, 2.75) is 53.2 Å². The van der Waals surface area contributed by atoms with Gasteiger partial charge in [-0.05, 0) is 51.5 Å². The lowest BCUT2D eigenvalue weighted by molar-refractivity contribution is 0.130. The van der Waals surface area contributed by atoms with Crippen molar-refractivity contribution < 1.29 is 14.3 Å². The Bertz CT molecular complexity index is 1020. The number of aryl methyl sites for hydroxylation is 1. The number of ether oxygens (including phenoxy) is 2. The van der Waals surface area contributed by atoms with Gasteiger partial charge in [-0.2, -0.15) is 0 Å². The molecule has 30 heavy (non-hydrogen) atoms. The van der Waals surface area contributed by atoms with E-state index in [2.05, 4.69) is 22.9 Å². The summed E-state index contributed by atoms with van der Waals surface area (Å²) in [5, 5.41) is 3.80. The quantitative estimate of drug-likeness (QED) is 0.475. The minimum Gasteiger partial charge on any atom is -0.494 e. The number of anilines is 2. The Morgan fingerprint density at radius 1 is 1.17 bits per heavy atom. The zero-order chi connectivity index (χ0) is 21.7. The molecule has 0 fully saturated rings. The molecule has 0 spiro atoms. The predicted octanol–water partition coefficient (Wildman–Crippen LogP) is 6.05. The van der Waals surface area contributed by atoms with Crippen molar-refractivity contribution in [3.05, 3.63) is 42.5 Å². The number of nitrogens with two attached hydrogens (primary N) is 1. The third kappa shape index (κ3) is 4.70. The molecule has 3 aromatic rings. The van der Waals surface area contributed by atoms with Crippen molar-refractivity contribution in [1.82, 2.24) is 4.57 Å². The SMILES string of the molecule is CCCCn1c(-c2cccc(NC(=O)OC(C)C)c2)c(N)c2ccc(OCC)cc21. The second-order valence-corrected chi connectivity index (χ2v) is 7.54. The van der Waals surface area contributed by atoms with Crippen LogP contribution in [-0.2, 0) is 11.3 Å². The Labute approximate surface area is 178 Å². The number of nitrogen functional groups attached to an aromatic ring is 1. The molecule has 0 aliphatic carbocycles. The monoisotopic (exact) mass is 409 g/mol. The van der Waals surface area contributed by atoms with Crippen LogP contribution in [0.3, 0.4) is 0 Å². The lowest BCUT2D eigenvalue weighted by Gasteiger charge is -2.14. The second kappa shape index (κ2) is 9.57. The Morgan fingerprint density at radius 2 is 1.97 bits per heavy atom. The molecule has 0 radical (unpaired) electrons. The maximum atomic E-state index is 12.0. The average molecular weight is 410 g/mol. The fourth-order valence-corrected chi connectivity index (χ4v) is 3.58. The Balaban J connectivity index is 2.07. The molecule has 1 amide bonds. The average Bonchev–Trinajstić information content (AvgIpc) is 2.97. The highest BCUT2D eigenvalue weighted by molar-refractivity contribution is 6.02. The third-order valence-corrected chi connectivity index (χ3v) is 4.85. The summed E-state index contributed by atoms with van der Waals surface area (Å²) >= 11 is 0. The molecule has 0 bridgehead atoms. The molecule has 0 saturated carbocycles. The number of hydrogen-bond acceptors (Lipinski definition) is 4. The number of rotatable bonds is 8. The van der Waals surface area contributed by atoms with E-state index in [1.54, 1.807) is 0 Å². The number of hydrogen-bond donors (Lipinski definition) is 2. The number of amides is 1. The third-order valence-electron chi connectivity index (χ3n) is 4.85. The van der Waals surface area contributed by atoms with Crippen molar-refractivity contribution in [1.29, 1.82) is 0 Å². The molecule has 0 atom stereocenters. The minimum absolute atomic E-state index is 0.181. The van der Waals surface area contributed by atoms with Gasteiger partial charge < -0.3 is 19.8 Å². The molecule has 160 valence electrons. The summed E-state index contributed by atoms with van der Waals surface area (Å²) in [6.45, 7) is 9.25. The number of nitrogens with zero attached hydrogens (tertiary/aromatic N) is 1. The van der Waals surface area contributed by atoms with E-state index < -0.39 is 6.09 Å². The zero-order valence-electron chi connectivity index (χ0n) is 18.2. The number of aromatic nitrogens is 1. The first-order valence-corrected chi connectivity index (χ1v) is 10.6. The van der Waals surface area contributed by atoms with Crippen molar-refractivity contribution in [3.8, 4) is 17.0 Å². The highest BCUT2D eigenvalue weighted by atomic mass is 16.6. The summed E-state index contributed by atoms with van der Waals surface area (Å²) in [7, 11) is 0. The van der Waals surface area contributed by atoms with Crippen LogP contribution in [-0.4, -0.2) is 23.4 Å². The van der Waals surface area contributed by atoms with E-state index in [0.29, 0.717) is 12.3 Å². The molecular formula is C24H31N3O3. The van der Waals surface area contributed by atoms with Crippen LogP contribution < -0.4 is 15.8 Å². The predicted molar refractivity (Wildman–Crippen MR) is 123 cm³/mol. The molecule has 3 N–H and O–H groups in total. The van der Waals surface area contributed by atoms with Crippen molar-refractivity contribution in [3.63, 3.8) is 0 Å². The molecule has 1 aromatic heterocycles. The lowest BCUT2D eigenvalue weighted by atomic mass is 10.1. The van der Waals surface area contributed by atoms with Crippen LogP contribution in [0.2, 0.25) is 0 Å². The van der Waals surface area contributed by atoms with Gasteiger partial charge in [-0.3, -0.25) is 5.32 Å². The van der Waals surface area contributed by atoms with Gasteiger partial charge in [0.15, 0.2) is 0 Å². The van der Waals surface area contributed by atoms with Gasteiger partial charge in [-0.15, -0.1) is 0 Å². The van der Waals surface area contributed by atoms with Crippen LogP contribution in [0.25, 0.3) is 22.2 Å². The van der Waals surface area contributed by atoms with Gasteiger partial charge in [0, 0.05) is 29.2 Å². The maximum absolute atomic E-state index is 12.0. The molecule has 2 aromatic carbocycles. The number of carbonyl (C=O) groups is 1. The molecule has 0 saturated heterocycles. The molecule has 6 heteroatoms. The van der Waals surface area contributed by atoms with Crippen LogP contribution in [0, 0.1) is 0 Å². The number of carbonyl (C=O) groups excluding carboxylic acids is 1. The fraction of sp³-hybridized carbons (Fsp3) is 0.375. The van der Waals surface area contributed by atoms with E-state index in [1.165, 1.54) is 0 Å². The number of benzene rings is 2. The highest BCUT2D eigenvalue weighted by Gasteiger charge is 2.18. The van der Waals surface area contributed by atoms with Crippen LogP contribution in [0.4, 0.5) is 16.2 Å². The molecule has 3 rings (SSSR count). The van der Waals surface area contributed by atoms with Crippen molar-refractivity contribution in [2.24, 2.45) is 0 Å². The standard InChI is InChI=1S/C24H31N3O3/c1-5-7-13-27-21-15-19(29-6-2)11-12-20(21)22(25)23(27)17-9-8-10-18(14-17)26-24(28)30-16(3)4/h8-12,14-16H,5-7,13,25H2,1-4H3,(H,26,28). The van der Waals surface area contributed by atoms with E-state index in [0.717, 1.165) is 53.0 Å². The topological polar surface area (TPSA) is 78.5 Å². The first-order chi connectivity index (χ1) is 14.4. The fourth-order valence-electron chi connectivity index (χ4n) is 3.58. The first kappa shape index (κ1) is 21.6. The Hall–Kier alpha value is -3.15. The molecule has 0 unspecified atom stereocenters. The summed E-state index contributed by atoms with van der Waals surface area (Å²) < 4.78 is 13.2. The van der Waals surface area contributed by atoms with Gasteiger partial charge in [0.1, 0.15) is 5.75 Å². The largest absolute Gasteiger partial charge is 0.494 e. The number of unbranched alkanes of at least 4 members (excludes halogenated alkanes) is 1. The lowest BCUT2D eigenvalue weighted by Crippen LogP contribution is -2.17. The van der Waals surface area contributed by atoms with Gasteiger partial charge in [0.2, 0.25) is 0 Å². The number of nitrogens with one attached hydrogen (secondary N) is 1. The van der Waals surface area contributed by atoms with Gasteiger partial charge in [-0.25, -0.2) is 4.79 Å². The first-order valence-electron chi connectivity index (χ1n) is 10.6. The summed E-state index contributed by atoms with van der Waals surface area (Å²) in [5.74, 6) is 0.832. The van der Waals surface area contributed by atoms with Crippen molar-refractivity contribution in [2.75, 3.05) is 17.7 Å². The van der Waals surface area contributed by atoms with E-state index in [9.17, 15) is 4.79 Å². The molecule has 0 aliphatic rings. The smallest absolute Gasteiger partial charge is 0.411 e. The Morgan fingerprint density at radius 3 is 2.67 bits per heavy atom. The normalized spacial score (nSPS) is 11.1. The van der Waals surface area contributed by atoms with Gasteiger partial charge in [-0.1, -0.05) is 25.5 Å². The minimum atomic E-state index is -0.469. The maximum Gasteiger partial charge on any atom is 0.411 e. The summed E-state index contributed by atoms with van der Waals surface area (Å²) in [4.78, 5) is 12.0. The van der Waals surface area contributed by atoms with Crippen molar-refractivity contribution >= 4 is 28.4 Å². The summed E-state index contributed by atoms with van der Waals surface area (Å²) in [6, 6.07) is 13.7. The molecule has 6 nitrogen and oxygen atoms in total. The number of fused-ring (bicyclic) bond motifs is 1. The molecule has 1 heterocycles. The van der Waals surface area contributed by atoms with Crippen LogP contribution in [0.1, 0.15) is 40.5 Å². The molecule has 0 aliphatic heterocycles. The molecular weight excluding hydrogens is 378 g/mol. The zero-order valence-corrected chi connectivity index (χ0v) is 18.2. The van der Waals surface area contributed by atoms with E-state index in [1.807, 2.05) is 57.2 Å². The van der Waals surface area contributed by atoms with E-state index >= 15 is 0 Å². The van der Waals surface area contributed by atoms with Crippen LogP contribution in [0.15, 0.2) is 42.5 Å². The van der Waals surface area contributed by atoms with Gasteiger partial charge in [0.05, 0.1) is 29.6 Å². The highest BCUT2D eigenvalue weighted by Crippen LogP contribution is 2.38. The van der Waals surface area contributed by atoms with Crippen LogP contribution >= 0.6 is 0 Å². The van der Waals surface area contributed by atoms with E-state index in [4.69, 9.17) is 15.2 Å². The van der Waals surface area contributed by atoms with Gasteiger partial charge >= 0.3 is 6.09 Å². The van der Waals surface area contributed by atoms with Gasteiger partial charge in [0.25, 0.3) is 0 Å². The van der Waals surface area contributed by atoms with Crippen LogP contribution in [0.5, 0.6) is 5.75 Å². The summed E-state index contributed by atoms with van der Waals surface area (Å²) in [6.07, 6.45) is 1.46. The summed E-state index contributed by atoms with van der Waals surface area (Å²) in [5.41, 5.74) is 11.0. The van der Waals surface area contributed by atoms with E-state index in [-0.39, 0.29) is 6.10 Å².